The van der Waals surface area contributed by atoms with Gasteiger partial charge in [-0.1, -0.05) is 54.6 Å². The first-order valence-electron chi connectivity index (χ1n) is 8.26. The highest BCUT2D eigenvalue weighted by molar-refractivity contribution is 5.81. The number of benzene rings is 3. The van der Waals surface area contributed by atoms with Crippen LogP contribution in [0.5, 0.6) is 11.5 Å². The Morgan fingerprint density at radius 3 is 2.04 bits per heavy atom. The number of carbonyl (C=O) groups is 1. The lowest BCUT2D eigenvalue weighted by atomic mass is 9.96. The van der Waals surface area contributed by atoms with Crippen LogP contribution in [-0.2, 0) is 9.53 Å². The van der Waals surface area contributed by atoms with Gasteiger partial charge in [0.15, 0.2) is 0 Å². The molecular weight excluding hydrogens is 328 g/mol. The Morgan fingerprint density at radius 2 is 1.38 bits per heavy atom. The Hall–Kier alpha value is -3.27. The first kappa shape index (κ1) is 17.5. The lowest BCUT2D eigenvalue weighted by Gasteiger charge is -2.20. The van der Waals surface area contributed by atoms with Gasteiger partial charge in [0.2, 0.25) is 6.10 Å². The van der Waals surface area contributed by atoms with Gasteiger partial charge in [-0.15, -0.1) is 0 Å². The molecule has 0 N–H and O–H groups in total. The number of ether oxygens (including phenoxy) is 3. The third-order valence-electron chi connectivity index (χ3n) is 4.06. The van der Waals surface area contributed by atoms with E-state index < -0.39 is 12.1 Å². The molecule has 0 amide bonds. The van der Waals surface area contributed by atoms with Crippen molar-refractivity contribution in [3.8, 4) is 22.6 Å². The van der Waals surface area contributed by atoms with E-state index in [9.17, 15) is 4.79 Å². The van der Waals surface area contributed by atoms with Crippen molar-refractivity contribution in [2.45, 2.75) is 6.10 Å². The maximum atomic E-state index is 12.5. The fraction of sp³-hybridized carbons (Fsp3) is 0.136. The molecule has 0 heterocycles. The molecule has 132 valence electrons. The molecule has 3 rings (SSSR count). The van der Waals surface area contributed by atoms with Crippen LogP contribution in [-0.4, -0.2) is 20.2 Å². The number of hydrogen-bond acceptors (Lipinski definition) is 4. The van der Waals surface area contributed by atoms with Gasteiger partial charge in [0.25, 0.3) is 0 Å². The number of methoxy groups -OCH3 is 2. The predicted octanol–water partition coefficient (Wildman–Crippen LogP) is 4.66. The lowest BCUT2D eigenvalue weighted by molar-refractivity contribution is -0.149. The smallest absolute Gasteiger partial charge is 0.351 e. The highest BCUT2D eigenvalue weighted by Crippen LogP contribution is 2.32. The van der Waals surface area contributed by atoms with E-state index in [2.05, 4.69) is 0 Å². The molecule has 0 bridgehead atoms. The minimum absolute atomic E-state index is 0.454. The topological polar surface area (TPSA) is 44.8 Å². The van der Waals surface area contributed by atoms with Gasteiger partial charge in [-0.2, -0.15) is 0 Å². The summed E-state index contributed by atoms with van der Waals surface area (Å²) in [5.74, 6) is 0.824. The van der Waals surface area contributed by atoms with E-state index in [0.717, 1.165) is 22.4 Å². The van der Waals surface area contributed by atoms with Crippen LogP contribution in [0.4, 0.5) is 0 Å². The van der Waals surface area contributed by atoms with Crippen LogP contribution in [0.25, 0.3) is 11.1 Å². The van der Waals surface area contributed by atoms with Crippen LogP contribution in [0, 0.1) is 0 Å². The van der Waals surface area contributed by atoms with E-state index in [1.807, 2.05) is 54.6 Å². The molecule has 0 aromatic heterocycles. The van der Waals surface area contributed by atoms with Crippen molar-refractivity contribution in [2.75, 3.05) is 14.2 Å². The molecule has 3 aromatic rings. The maximum Gasteiger partial charge on any atom is 0.351 e. The van der Waals surface area contributed by atoms with Gasteiger partial charge < -0.3 is 14.2 Å². The van der Waals surface area contributed by atoms with Gasteiger partial charge >= 0.3 is 5.97 Å². The monoisotopic (exact) mass is 348 g/mol. The molecule has 0 saturated heterocycles. The summed E-state index contributed by atoms with van der Waals surface area (Å²) in [7, 11) is 2.96. The molecule has 0 saturated carbocycles. The molecule has 3 aromatic carbocycles. The van der Waals surface area contributed by atoms with Gasteiger partial charge in [0.1, 0.15) is 11.5 Å². The summed E-state index contributed by atoms with van der Waals surface area (Å²) in [6.07, 6.45) is -0.871. The summed E-state index contributed by atoms with van der Waals surface area (Å²) in [6.45, 7) is 0. The normalized spacial score (nSPS) is 11.5. The van der Waals surface area contributed by atoms with Crippen LogP contribution in [0.2, 0.25) is 0 Å². The number of hydrogen-bond donors (Lipinski definition) is 0. The minimum Gasteiger partial charge on any atom is -0.497 e. The van der Waals surface area contributed by atoms with Crippen molar-refractivity contribution in [3.05, 3.63) is 84.4 Å². The molecule has 1 unspecified atom stereocenters. The third kappa shape index (κ3) is 3.86. The summed E-state index contributed by atoms with van der Waals surface area (Å²) in [6, 6.07) is 24.7. The second-order valence-corrected chi connectivity index (χ2v) is 5.65. The van der Waals surface area contributed by atoms with Crippen molar-refractivity contribution in [3.63, 3.8) is 0 Å². The highest BCUT2D eigenvalue weighted by atomic mass is 16.6. The average molecular weight is 348 g/mol. The SMILES string of the molecule is COC(=O)C(Oc1ccc(OC)cc1)c1ccccc1-c1ccccc1. The van der Waals surface area contributed by atoms with Crippen LogP contribution < -0.4 is 9.47 Å². The molecule has 0 aliphatic rings. The van der Waals surface area contributed by atoms with Crippen LogP contribution in [0.3, 0.4) is 0 Å². The van der Waals surface area contributed by atoms with E-state index >= 15 is 0 Å². The summed E-state index contributed by atoms with van der Waals surface area (Å²) < 4.78 is 16.1. The number of esters is 1. The van der Waals surface area contributed by atoms with Crippen LogP contribution in [0.1, 0.15) is 11.7 Å². The molecule has 26 heavy (non-hydrogen) atoms. The molecule has 1 atom stereocenters. The molecule has 0 fully saturated rings. The predicted molar refractivity (Wildman–Crippen MR) is 100 cm³/mol. The summed E-state index contributed by atoms with van der Waals surface area (Å²) in [4.78, 5) is 12.5. The molecule has 4 heteroatoms. The van der Waals surface area contributed by atoms with Crippen LogP contribution >= 0.6 is 0 Å². The Labute approximate surface area is 153 Å². The molecular formula is C22H20O4. The van der Waals surface area contributed by atoms with Crippen molar-refractivity contribution < 1.29 is 19.0 Å². The van der Waals surface area contributed by atoms with Crippen molar-refractivity contribution >= 4 is 5.97 Å². The Kier molecular flexibility index (Phi) is 5.54. The molecule has 0 radical (unpaired) electrons. The molecule has 0 aliphatic heterocycles. The Morgan fingerprint density at radius 1 is 0.769 bits per heavy atom. The zero-order valence-electron chi connectivity index (χ0n) is 14.7. The second kappa shape index (κ2) is 8.21. The fourth-order valence-electron chi connectivity index (χ4n) is 2.74. The van der Waals surface area contributed by atoms with E-state index in [-0.39, 0.29) is 0 Å². The summed E-state index contributed by atoms with van der Waals surface area (Å²) in [5.41, 5.74) is 2.69. The average Bonchev–Trinajstić information content (AvgIpc) is 2.72. The maximum absolute atomic E-state index is 12.5. The van der Waals surface area contributed by atoms with Gasteiger partial charge in [0.05, 0.1) is 14.2 Å². The lowest BCUT2D eigenvalue weighted by Crippen LogP contribution is -2.21. The van der Waals surface area contributed by atoms with Crippen molar-refractivity contribution in [1.29, 1.82) is 0 Å². The molecule has 0 aliphatic carbocycles. The van der Waals surface area contributed by atoms with Crippen molar-refractivity contribution in [2.24, 2.45) is 0 Å². The highest BCUT2D eigenvalue weighted by Gasteiger charge is 2.26. The molecule has 4 nitrogen and oxygen atoms in total. The quantitative estimate of drug-likeness (QED) is 0.608. The standard InChI is InChI=1S/C22H20O4/c1-24-17-12-14-18(15-13-17)26-21(22(23)25-2)20-11-7-6-10-19(20)16-8-4-3-5-9-16/h3-15,21H,1-2H3. The van der Waals surface area contributed by atoms with E-state index in [1.54, 1.807) is 31.4 Å². The minimum atomic E-state index is -0.871. The Bertz CT molecular complexity index is 857. The third-order valence-corrected chi connectivity index (χ3v) is 4.06. The van der Waals surface area contributed by atoms with Gasteiger partial charge in [-0.3, -0.25) is 0 Å². The first-order chi connectivity index (χ1) is 12.7. The Balaban J connectivity index is 1.99. The number of carbonyl (C=O) groups excluding carboxylic acids is 1. The van der Waals surface area contributed by atoms with E-state index in [1.165, 1.54) is 7.11 Å². The largest absolute Gasteiger partial charge is 0.497 e. The summed E-state index contributed by atoms with van der Waals surface area (Å²) in [5, 5.41) is 0. The zero-order chi connectivity index (χ0) is 18.4. The van der Waals surface area contributed by atoms with Gasteiger partial charge in [-0.05, 0) is 35.4 Å². The van der Waals surface area contributed by atoms with E-state index in [4.69, 9.17) is 14.2 Å². The van der Waals surface area contributed by atoms with Gasteiger partial charge in [-0.25, -0.2) is 4.79 Å². The first-order valence-corrected chi connectivity index (χ1v) is 8.26. The van der Waals surface area contributed by atoms with Gasteiger partial charge in [0, 0.05) is 5.56 Å². The fourth-order valence-corrected chi connectivity index (χ4v) is 2.74. The second-order valence-electron chi connectivity index (χ2n) is 5.65. The summed E-state index contributed by atoms with van der Waals surface area (Å²) >= 11 is 0. The van der Waals surface area contributed by atoms with Crippen LogP contribution in [0.15, 0.2) is 78.9 Å². The molecule has 0 spiro atoms. The zero-order valence-corrected chi connectivity index (χ0v) is 14.7. The van der Waals surface area contributed by atoms with E-state index in [0.29, 0.717) is 5.75 Å². The van der Waals surface area contributed by atoms with Crippen molar-refractivity contribution in [1.82, 2.24) is 0 Å². The number of rotatable bonds is 6.